The fourth-order valence-corrected chi connectivity index (χ4v) is 6.76. The van der Waals surface area contributed by atoms with Gasteiger partial charge in [0.1, 0.15) is 4.88 Å². The SMILES string of the molecule is CCCNC1CCC(N(Cc2cccc(-c3ccncc3)c2)C(=O)c2sc3cc(N)ccc3c2Cl)CC1. The van der Waals surface area contributed by atoms with Gasteiger partial charge in [0.2, 0.25) is 0 Å². The molecule has 192 valence electrons. The first kappa shape index (κ1) is 25.7. The molecule has 2 aromatic carbocycles. The molecule has 0 aliphatic heterocycles. The predicted molar refractivity (Wildman–Crippen MR) is 155 cm³/mol. The van der Waals surface area contributed by atoms with E-state index in [2.05, 4.69) is 46.4 Å². The quantitative estimate of drug-likeness (QED) is 0.236. The Morgan fingerprint density at radius 3 is 2.62 bits per heavy atom. The van der Waals surface area contributed by atoms with Crippen LogP contribution in [0.1, 0.15) is 54.3 Å². The minimum Gasteiger partial charge on any atom is -0.399 e. The van der Waals surface area contributed by atoms with Crippen LogP contribution in [0, 0.1) is 0 Å². The molecule has 5 nitrogen and oxygen atoms in total. The van der Waals surface area contributed by atoms with Crippen LogP contribution in [-0.4, -0.2) is 34.4 Å². The fraction of sp³-hybridized carbons (Fsp3) is 0.333. The first-order valence-electron chi connectivity index (χ1n) is 13.0. The number of fused-ring (bicyclic) bond motifs is 1. The number of anilines is 1. The van der Waals surface area contributed by atoms with Gasteiger partial charge in [0, 0.05) is 46.8 Å². The summed E-state index contributed by atoms with van der Waals surface area (Å²) in [5.41, 5.74) is 10.0. The standard InChI is InChI=1S/C30H33ClN4OS/c1-2-14-34-24-7-9-25(10-8-24)35(19-20-4-3-5-22(17-20)21-12-15-33-16-13-21)30(36)29-28(31)26-11-6-23(32)18-27(26)37-29/h3-6,11-13,15-18,24-25,34H,2,7-10,14,19,32H2,1H3. The van der Waals surface area contributed by atoms with Crippen molar-refractivity contribution in [2.75, 3.05) is 12.3 Å². The van der Waals surface area contributed by atoms with E-state index in [-0.39, 0.29) is 11.9 Å². The van der Waals surface area contributed by atoms with Crippen molar-refractivity contribution >= 4 is 44.6 Å². The summed E-state index contributed by atoms with van der Waals surface area (Å²) in [6.07, 6.45) is 8.84. The Balaban J connectivity index is 1.45. The van der Waals surface area contributed by atoms with Gasteiger partial charge >= 0.3 is 0 Å². The molecule has 1 amide bonds. The zero-order valence-corrected chi connectivity index (χ0v) is 22.7. The van der Waals surface area contributed by atoms with Gasteiger partial charge in [0.25, 0.3) is 5.91 Å². The van der Waals surface area contributed by atoms with Gasteiger partial charge < -0.3 is 16.0 Å². The molecule has 4 aromatic rings. The van der Waals surface area contributed by atoms with Crippen molar-refractivity contribution in [1.82, 2.24) is 15.2 Å². The van der Waals surface area contributed by atoms with Crippen molar-refractivity contribution in [1.29, 1.82) is 0 Å². The van der Waals surface area contributed by atoms with Gasteiger partial charge in [-0.15, -0.1) is 11.3 Å². The molecule has 3 N–H and O–H groups in total. The molecule has 1 fully saturated rings. The Morgan fingerprint density at radius 2 is 1.86 bits per heavy atom. The van der Waals surface area contributed by atoms with E-state index >= 15 is 0 Å². The van der Waals surface area contributed by atoms with Crippen LogP contribution >= 0.6 is 22.9 Å². The van der Waals surface area contributed by atoms with Crippen LogP contribution in [0.2, 0.25) is 5.02 Å². The summed E-state index contributed by atoms with van der Waals surface area (Å²) >= 11 is 8.22. The Kier molecular flexibility index (Phi) is 8.08. The van der Waals surface area contributed by atoms with E-state index in [1.807, 2.05) is 30.3 Å². The average Bonchev–Trinajstić information content (AvgIpc) is 3.26. The maximum atomic E-state index is 14.1. The van der Waals surface area contributed by atoms with Gasteiger partial charge in [-0.05, 0) is 91.7 Å². The Labute approximate surface area is 227 Å². The fourth-order valence-electron chi connectivity index (χ4n) is 5.25. The van der Waals surface area contributed by atoms with Crippen LogP contribution in [0.5, 0.6) is 0 Å². The lowest BCUT2D eigenvalue weighted by molar-refractivity contribution is 0.0605. The lowest BCUT2D eigenvalue weighted by Crippen LogP contribution is -2.45. The van der Waals surface area contributed by atoms with E-state index in [1.54, 1.807) is 12.4 Å². The first-order chi connectivity index (χ1) is 18.0. The first-order valence-corrected chi connectivity index (χ1v) is 14.2. The third-order valence-corrected chi connectivity index (χ3v) is 8.87. The molecule has 0 radical (unpaired) electrons. The molecule has 1 aliphatic rings. The number of amides is 1. The molecular formula is C30H33ClN4OS. The number of nitrogens with two attached hydrogens (primary N) is 1. The number of hydrogen-bond acceptors (Lipinski definition) is 5. The molecule has 1 aliphatic carbocycles. The highest BCUT2D eigenvalue weighted by atomic mass is 35.5. The van der Waals surface area contributed by atoms with Crippen LogP contribution in [0.25, 0.3) is 21.2 Å². The molecule has 2 heterocycles. The van der Waals surface area contributed by atoms with Gasteiger partial charge in [-0.3, -0.25) is 9.78 Å². The summed E-state index contributed by atoms with van der Waals surface area (Å²) < 4.78 is 0.945. The summed E-state index contributed by atoms with van der Waals surface area (Å²) in [7, 11) is 0. The molecule has 7 heteroatoms. The van der Waals surface area contributed by atoms with Crippen LogP contribution in [0.3, 0.4) is 0 Å². The van der Waals surface area contributed by atoms with Crippen molar-refractivity contribution in [2.24, 2.45) is 0 Å². The molecule has 37 heavy (non-hydrogen) atoms. The number of halogens is 1. The molecule has 5 rings (SSSR count). The van der Waals surface area contributed by atoms with Crippen LogP contribution in [-0.2, 0) is 6.54 Å². The number of hydrogen-bond donors (Lipinski definition) is 2. The highest BCUT2D eigenvalue weighted by molar-refractivity contribution is 7.21. The maximum absolute atomic E-state index is 14.1. The van der Waals surface area contributed by atoms with Crippen LogP contribution in [0.15, 0.2) is 67.0 Å². The summed E-state index contributed by atoms with van der Waals surface area (Å²) in [4.78, 5) is 20.9. The Bertz CT molecular complexity index is 1360. The number of aromatic nitrogens is 1. The molecule has 0 saturated heterocycles. The van der Waals surface area contributed by atoms with Crippen molar-refractivity contribution in [2.45, 2.75) is 57.7 Å². The molecule has 0 spiro atoms. The number of nitrogen functional groups attached to an aromatic ring is 1. The largest absolute Gasteiger partial charge is 0.399 e. The highest BCUT2D eigenvalue weighted by Gasteiger charge is 2.31. The molecular weight excluding hydrogens is 500 g/mol. The molecule has 0 bridgehead atoms. The topological polar surface area (TPSA) is 71.2 Å². The number of thiophene rings is 1. The minimum absolute atomic E-state index is 0.00375. The van der Waals surface area contributed by atoms with E-state index in [1.165, 1.54) is 11.3 Å². The van der Waals surface area contributed by atoms with Gasteiger partial charge in [-0.1, -0.05) is 36.7 Å². The van der Waals surface area contributed by atoms with Crippen molar-refractivity contribution < 1.29 is 4.79 Å². The van der Waals surface area contributed by atoms with Gasteiger partial charge in [0.05, 0.1) is 5.02 Å². The number of pyridine rings is 1. The minimum atomic E-state index is 0.00375. The summed E-state index contributed by atoms with van der Waals surface area (Å²) in [6.45, 7) is 3.78. The number of benzene rings is 2. The van der Waals surface area contributed by atoms with Crippen molar-refractivity contribution in [3.05, 3.63) is 82.5 Å². The van der Waals surface area contributed by atoms with Crippen molar-refractivity contribution in [3.8, 4) is 11.1 Å². The van der Waals surface area contributed by atoms with E-state index in [0.717, 1.165) is 65.4 Å². The average molecular weight is 533 g/mol. The number of carbonyl (C=O) groups excluding carboxylic acids is 1. The van der Waals surface area contributed by atoms with E-state index in [9.17, 15) is 4.79 Å². The second kappa shape index (κ2) is 11.6. The zero-order chi connectivity index (χ0) is 25.8. The normalized spacial score (nSPS) is 17.7. The monoisotopic (exact) mass is 532 g/mol. The second-order valence-corrected chi connectivity index (χ2v) is 11.3. The molecule has 0 atom stereocenters. The summed E-state index contributed by atoms with van der Waals surface area (Å²) in [6, 6.07) is 18.8. The molecule has 1 saturated carbocycles. The summed E-state index contributed by atoms with van der Waals surface area (Å²) in [5.74, 6) is 0.00375. The van der Waals surface area contributed by atoms with Crippen molar-refractivity contribution in [3.63, 3.8) is 0 Å². The Morgan fingerprint density at radius 1 is 1.08 bits per heavy atom. The lowest BCUT2D eigenvalue weighted by Gasteiger charge is -2.37. The van der Waals surface area contributed by atoms with Crippen LogP contribution in [0.4, 0.5) is 5.69 Å². The maximum Gasteiger partial charge on any atom is 0.266 e. The number of nitrogens with one attached hydrogen (secondary N) is 1. The van der Waals surface area contributed by atoms with Gasteiger partial charge in [0.15, 0.2) is 0 Å². The Hall–Kier alpha value is -2.93. The lowest BCUT2D eigenvalue weighted by atomic mass is 9.89. The predicted octanol–water partition coefficient (Wildman–Crippen LogP) is 7.15. The third-order valence-electron chi connectivity index (χ3n) is 7.22. The smallest absolute Gasteiger partial charge is 0.266 e. The zero-order valence-electron chi connectivity index (χ0n) is 21.1. The van der Waals surface area contributed by atoms with E-state index in [0.29, 0.717) is 28.2 Å². The number of rotatable bonds is 8. The van der Waals surface area contributed by atoms with E-state index in [4.69, 9.17) is 17.3 Å². The number of nitrogens with zero attached hydrogens (tertiary/aromatic N) is 2. The van der Waals surface area contributed by atoms with Gasteiger partial charge in [-0.25, -0.2) is 0 Å². The van der Waals surface area contributed by atoms with Crippen LogP contribution < -0.4 is 11.1 Å². The number of carbonyl (C=O) groups is 1. The molecule has 2 aromatic heterocycles. The van der Waals surface area contributed by atoms with Gasteiger partial charge in [-0.2, -0.15) is 0 Å². The third kappa shape index (κ3) is 5.82. The highest BCUT2D eigenvalue weighted by Crippen LogP contribution is 2.38. The van der Waals surface area contributed by atoms with E-state index < -0.39 is 0 Å². The second-order valence-electron chi connectivity index (χ2n) is 9.83. The molecule has 0 unspecified atom stereocenters. The summed E-state index contributed by atoms with van der Waals surface area (Å²) in [5, 5.41) is 5.07.